The van der Waals surface area contributed by atoms with Crippen LogP contribution in [0.15, 0.2) is 22.8 Å². The summed E-state index contributed by atoms with van der Waals surface area (Å²) in [6.45, 7) is 3.66. The van der Waals surface area contributed by atoms with Crippen molar-refractivity contribution in [2.24, 2.45) is 5.92 Å². The maximum Gasteiger partial charge on any atom is 0.289 e. The molecule has 0 radical (unpaired) electrons. The summed E-state index contributed by atoms with van der Waals surface area (Å²) in [7, 11) is 0. The fourth-order valence-corrected chi connectivity index (χ4v) is 4.68. The number of furan rings is 1. The molecule has 166 valence electrons. The minimum absolute atomic E-state index is 0.000379. The lowest BCUT2D eigenvalue weighted by molar-refractivity contribution is -0.128. The molecule has 3 aliphatic heterocycles. The largest absolute Gasteiger partial charge is 0.459 e. The SMILES string of the molecule is O=C(NCc1nnn2c1COC1(CCCN(C(=O)c3ccco3)C1)C2)C1CCOCC1. The van der Waals surface area contributed by atoms with E-state index in [2.05, 4.69) is 15.6 Å². The fraction of sp³-hybridized carbons (Fsp3) is 0.619. The van der Waals surface area contributed by atoms with E-state index in [1.54, 1.807) is 17.0 Å². The van der Waals surface area contributed by atoms with Crippen molar-refractivity contribution in [1.29, 1.82) is 0 Å². The molecule has 1 unspecified atom stereocenters. The number of rotatable bonds is 4. The third-order valence-electron chi connectivity index (χ3n) is 6.45. The standard InChI is InChI=1S/C21H27N5O5/c27-19(15-4-9-29-10-5-15)22-11-16-17-12-31-21(14-26(17)24-23-16)6-2-7-25(13-21)20(28)18-3-1-8-30-18/h1,3,8,15H,2,4-7,9-14H2,(H,22,27). The molecule has 0 aliphatic carbocycles. The van der Waals surface area contributed by atoms with Gasteiger partial charge in [-0.1, -0.05) is 5.21 Å². The first-order valence-electron chi connectivity index (χ1n) is 10.9. The van der Waals surface area contributed by atoms with Crippen molar-refractivity contribution in [2.45, 2.75) is 51.0 Å². The highest BCUT2D eigenvalue weighted by Crippen LogP contribution is 2.33. The second-order valence-electron chi connectivity index (χ2n) is 8.52. The van der Waals surface area contributed by atoms with Gasteiger partial charge in [0.25, 0.3) is 5.91 Å². The van der Waals surface area contributed by atoms with Gasteiger partial charge < -0.3 is 24.1 Å². The quantitative estimate of drug-likeness (QED) is 0.775. The predicted molar refractivity (Wildman–Crippen MR) is 107 cm³/mol. The van der Waals surface area contributed by atoms with Gasteiger partial charge in [0, 0.05) is 25.7 Å². The van der Waals surface area contributed by atoms with Crippen LogP contribution in [0.2, 0.25) is 0 Å². The van der Waals surface area contributed by atoms with Crippen molar-refractivity contribution in [2.75, 3.05) is 26.3 Å². The van der Waals surface area contributed by atoms with Crippen LogP contribution in [0.25, 0.3) is 0 Å². The molecule has 2 fully saturated rings. The number of likely N-dealkylation sites (tertiary alicyclic amines) is 1. The highest BCUT2D eigenvalue weighted by atomic mass is 16.5. The second-order valence-corrected chi connectivity index (χ2v) is 8.52. The van der Waals surface area contributed by atoms with Crippen molar-refractivity contribution < 1.29 is 23.5 Å². The van der Waals surface area contributed by atoms with E-state index < -0.39 is 5.60 Å². The van der Waals surface area contributed by atoms with Crippen molar-refractivity contribution >= 4 is 11.8 Å². The van der Waals surface area contributed by atoms with Crippen LogP contribution in [-0.4, -0.2) is 63.6 Å². The number of fused-ring (bicyclic) bond motifs is 1. The van der Waals surface area contributed by atoms with Crippen LogP contribution >= 0.6 is 0 Å². The highest BCUT2D eigenvalue weighted by Gasteiger charge is 2.43. The Kier molecular flexibility index (Phi) is 5.49. The molecule has 0 aromatic carbocycles. The van der Waals surface area contributed by atoms with E-state index in [-0.39, 0.29) is 17.7 Å². The summed E-state index contributed by atoms with van der Waals surface area (Å²) in [6.07, 6.45) is 4.72. The van der Waals surface area contributed by atoms with Gasteiger partial charge in [-0.25, -0.2) is 4.68 Å². The molecule has 5 rings (SSSR count). The molecule has 1 N–H and O–H groups in total. The molecule has 31 heavy (non-hydrogen) atoms. The Labute approximate surface area is 179 Å². The first kappa shape index (κ1) is 20.2. The molecule has 3 aliphatic rings. The third kappa shape index (κ3) is 4.09. The van der Waals surface area contributed by atoms with Crippen molar-refractivity contribution in [1.82, 2.24) is 25.2 Å². The summed E-state index contributed by atoms with van der Waals surface area (Å²) in [5.74, 6) is 0.266. The summed E-state index contributed by atoms with van der Waals surface area (Å²) >= 11 is 0. The summed E-state index contributed by atoms with van der Waals surface area (Å²) in [5, 5.41) is 11.6. The number of piperidine rings is 1. The smallest absolute Gasteiger partial charge is 0.289 e. The average Bonchev–Trinajstić information content (AvgIpc) is 3.47. The number of nitrogens with one attached hydrogen (secondary N) is 1. The number of carbonyl (C=O) groups is 2. The van der Waals surface area contributed by atoms with Gasteiger partial charge in [0.1, 0.15) is 11.3 Å². The predicted octanol–water partition coefficient (Wildman–Crippen LogP) is 1.12. The Morgan fingerprint density at radius 2 is 2.13 bits per heavy atom. The zero-order chi connectivity index (χ0) is 21.3. The lowest BCUT2D eigenvalue weighted by Gasteiger charge is -2.44. The van der Waals surface area contributed by atoms with E-state index in [1.165, 1.54) is 6.26 Å². The Bertz CT molecular complexity index is 936. The van der Waals surface area contributed by atoms with Crippen LogP contribution < -0.4 is 5.32 Å². The Hall–Kier alpha value is -2.72. The van der Waals surface area contributed by atoms with E-state index in [4.69, 9.17) is 13.9 Å². The molecule has 1 atom stereocenters. The molecule has 2 aromatic rings. The molecule has 1 spiro atoms. The lowest BCUT2D eigenvalue weighted by atomic mass is 9.91. The van der Waals surface area contributed by atoms with E-state index in [1.807, 2.05) is 4.68 Å². The number of nitrogens with zero attached hydrogens (tertiary/aromatic N) is 4. The number of ether oxygens (including phenoxy) is 2. The summed E-state index contributed by atoms with van der Waals surface area (Å²) < 4.78 is 18.8. The fourth-order valence-electron chi connectivity index (χ4n) is 4.68. The molecular weight excluding hydrogens is 402 g/mol. The molecule has 0 saturated carbocycles. The third-order valence-corrected chi connectivity index (χ3v) is 6.45. The molecule has 2 aromatic heterocycles. The number of aromatic nitrogens is 3. The van der Waals surface area contributed by atoms with Gasteiger partial charge in [0.2, 0.25) is 5.91 Å². The number of amides is 2. The summed E-state index contributed by atoms with van der Waals surface area (Å²) in [5.41, 5.74) is 1.13. The van der Waals surface area contributed by atoms with Crippen molar-refractivity contribution in [3.63, 3.8) is 0 Å². The van der Waals surface area contributed by atoms with Gasteiger partial charge in [-0.15, -0.1) is 5.10 Å². The van der Waals surface area contributed by atoms with Gasteiger partial charge in [0.05, 0.1) is 38.2 Å². The van der Waals surface area contributed by atoms with Gasteiger partial charge >= 0.3 is 0 Å². The minimum Gasteiger partial charge on any atom is -0.459 e. The molecule has 10 nitrogen and oxygen atoms in total. The molecule has 2 amide bonds. The topological polar surface area (TPSA) is 112 Å². The van der Waals surface area contributed by atoms with Crippen LogP contribution in [-0.2, 0) is 34.0 Å². The molecule has 0 bridgehead atoms. The Balaban J connectivity index is 1.22. The maximum absolute atomic E-state index is 12.7. The summed E-state index contributed by atoms with van der Waals surface area (Å²) in [6, 6.07) is 3.40. The van der Waals surface area contributed by atoms with E-state index in [0.717, 1.165) is 37.1 Å². The Morgan fingerprint density at radius 3 is 2.94 bits per heavy atom. The zero-order valence-corrected chi connectivity index (χ0v) is 17.4. The minimum atomic E-state index is -0.482. The van der Waals surface area contributed by atoms with Crippen LogP contribution in [0.4, 0.5) is 0 Å². The number of hydrogen-bond acceptors (Lipinski definition) is 7. The highest BCUT2D eigenvalue weighted by molar-refractivity contribution is 5.91. The normalized spacial score (nSPS) is 24.2. The molecule has 2 saturated heterocycles. The molecule has 10 heteroatoms. The van der Waals surface area contributed by atoms with Crippen molar-refractivity contribution in [3.05, 3.63) is 35.5 Å². The average molecular weight is 429 g/mol. The van der Waals surface area contributed by atoms with Gasteiger partial charge in [-0.05, 0) is 37.8 Å². The van der Waals surface area contributed by atoms with Gasteiger partial charge in [-0.2, -0.15) is 0 Å². The van der Waals surface area contributed by atoms with Gasteiger partial charge in [0.15, 0.2) is 5.76 Å². The Morgan fingerprint density at radius 1 is 1.26 bits per heavy atom. The maximum atomic E-state index is 12.7. The van der Waals surface area contributed by atoms with Crippen LogP contribution in [0.5, 0.6) is 0 Å². The summed E-state index contributed by atoms with van der Waals surface area (Å²) in [4.78, 5) is 26.9. The monoisotopic (exact) mass is 429 g/mol. The zero-order valence-electron chi connectivity index (χ0n) is 17.4. The lowest BCUT2D eigenvalue weighted by Crippen LogP contribution is -2.55. The molecular formula is C21H27N5O5. The van der Waals surface area contributed by atoms with Gasteiger partial charge in [-0.3, -0.25) is 9.59 Å². The number of hydrogen-bond donors (Lipinski definition) is 1. The van der Waals surface area contributed by atoms with E-state index >= 15 is 0 Å². The van der Waals surface area contributed by atoms with Crippen molar-refractivity contribution in [3.8, 4) is 0 Å². The van der Waals surface area contributed by atoms with E-state index in [0.29, 0.717) is 51.8 Å². The second kappa shape index (κ2) is 8.43. The number of carbonyl (C=O) groups excluding carboxylic acids is 2. The van der Waals surface area contributed by atoms with Crippen LogP contribution in [0, 0.1) is 5.92 Å². The van der Waals surface area contributed by atoms with E-state index in [9.17, 15) is 9.59 Å². The first-order chi connectivity index (χ1) is 15.1. The van der Waals surface area contributed by atoms with Crippen LogP contribution in [0.1, 0.15) is 47.6 Å². The first-order valence-corrected chi connectivity index (χ1v) is 10.9. The molecule has 5 heterocycles. The van der Waals surface area contributed by atoms with Crippen LogP contribution in [0.3, 0.4) is 0 Å².